The highest BCUT2D eigenvalue weighted by Gasteiger charge is 2.19. The van der Waals surface area contributed by atoms with E-state index in [1.54, 1.807) is 5.56 Å². The molecule has 2 aromatic carbocycles. The van der Waals surface area contributed by atoms with Gasteiger partial charge in [0.15, 0.2) is 0 Å². The van der Waals surface area contributed by atoms with Gasteiger partial charge in [-0.1, -0.05) is 54.3 Å². The molecular weight excluding hydrogens is 204 g/mol. The first kappa shape index (κ1) is 10.8. The van der Waals surface area contributed by atoms with Crippen LogP contribution in [0.1, 0.15) is 48.3 Å². The summed E-state index contributed by atoms with van der Waals surface area (Å²) in [6, 6.07) is 11.6. The molecule has 1 fully saturated rings. The summed E-state index contributed by atoms with van der Waals surface area (Å²) in [5, 5.41) is 2.90. The van der Waals surface area contributed by atoms with Crippen molar-refractivity contribution in [3.63, 3.8) is 0 Å². The lowest BCUT2D eigenvalue weighted by atomic mass is 9.90. The van der Waals surface area contributed by atoms with Gasteiger partial charge >= 0.3 is 0 Å². The number of hydrogen-bond acceptors (Lipinski definition) is 0. The van der Waals surface area contributed by atoms with E-state index in [0.29, 0.717) is 0 Å². The summed E-state index contributed by atoms with van der Waals surface area (Å²) in [5.41, 5.74) is 4.38. The van der Waals surface area contributed by atoms with Gasteiger partial charge in [-0.3, -0.25) is 0 Å². The van der Waals surface area contributed by atoms with E-state index in [-0.39, 0.29) is 0 Å². The lowest BCUT2D eigenvalue weighted by Gasteiger charge is -2.15. The number of aryl methyl sites for hydroxylation is 2. The molecule has 0 unspecified atom stereocenters. The van der Waals surface area contributed by atoms with Crippen molar-refractivity contribution in [1.29, 1.82) is 0 Å². The van der Waals surface area contributed by atoms with Gasteiger partial charge in [-0.25, -0.2) is 0 Å². The average Bonchev–Trinajstić information content (AvgIpc) is 2.82. The van der Waals surface area contributed by atoms with Crippen LogP contribution < -0.4 is 0 Å². The second-order valence-corrected chi connectivity index (χ2v) is 5.56. The summed E-state index contributed by atoms with van der Waals surface area (Å²) in [7, 11) is 0. The van der Waals surface area contributed by atoms with Crippen molar-refractivity contribution in [1.82, 2.24) is 0 Å². The van der Waals surface area contributed by atoms with E-state index in [4.69, 9.17) is 0 Å². The summed E-state index contributed by atoms with van der Waals surface area (Å²) >= 11 is 0. The molecule has 2 aromatic rings. The summed E-state index contributed by atoms with van der Waals surface area (Å²) in [5.74, 6) is 0.805. The zero-order valence-electron chi connectivity index (χ0n) is 10.8. The predicted octanol–water partition coefficient (Wildman–Crippen LogP) is 5.11. The number of hydrogen-bond donors (Lipinski definition) is 0. The standard InChI is InChI=1S/C17H20/c1-12-7-8-15-9-13(2)11-16(17(15)10-12)14-5-3-4-6-14/h7-11,14H,3-6H2,1-2H3. The lowest BCUT2D eigenvalue weighted by molar-refractivity contribution is 0.729. The van der Waals surface area contributed by atoms with Gasteiger partial charge in [0.05, 0.1) is 0 Å². The molecule has 0 aromatic heterocycles. The topological polar surface area (TPSA) is 0 Å². The van der Waals surface area contributed by atoms with Crippen LogP contribution in [0.15, 0.2) is 30.3 Å². The Kier molecular flexibility index (Phi) is 2.66. The highest BCUT2D eigenvalue weighted by atomic mass is 14.2. The Hall–Kier alpha value is -1.30. The zero-order chi connectivity index (χ0) is 11.8. The van der Waals surface area contributed by atoms with Crippen LogP contribution in [0.25, 0.3) is 10.8 Å². The van der Waals surface area contributed by atoms with Gasteiger partial charge in [-0.05, 0) is 48.9 Å². The maximum Gasteiger partial charge on any atom is -0.0146 e. The molecule has 0 N–H and O–H groups in total. The van der Waals surface area contributed by atoms with Gasteiger partial charge in [0, 0.05) is 0 Å². The highest BCUT2D eigenvalue weighted by molar-refractivity contribution is 5.87. The third kappa shape index (κ3) is 1.97. The Morgan fingerprint density at radius 2 is 1.65 bits per heavy atom. The fourth-order valence-corrected chi connectivity index (χ4v) is 3.23. The van der Waals surface area contributed by atoms with Crippen molar-refractivity contribution in [3.8, 4) is 0 Å². The summed E-state index contributed by atoms with van der Waals surface area (Å²) in [6.45, 7) is 4.41. The number of fused-ring (bicyclic) bond motifs is 1. The van der Waals surface area contributed by atoms with Gasteiger partial charge < -0.3 is 0 Å². The minimum atomic E-state index is 0.805. The van der Waals surface area contributed by atoms with Crippen LogP contribution in [0.4, 0.5) is 0 Å². The zero-order valence-corrected chi connectivity index (χ0v) is 10.8. The molecule has 0 saturated heterocycles. The van der Waals surface area contributed by atoms with E-state index in [1.165, 1.54) is 47.6 Å². The van der Waals surface area contributed by atoms with E-state index in [2.05, 4.69) is 44.2 Å². The summed E-state index contributed by atoms with van der Waals surface area (Å²) in [4.78, 5) is 0. The highest BCUT2D eigenvalue weighted by Crippen LogP contribution is 2.38. The van der Waals surface area contributed by atoms with Crippen molar-refractivity contribution < 1.29 is 0 Å². The molecule has 0 amide bonds. The van der Waals surface area contributed by atoms with Crippen LogP contribution >= 0.6 is 0 Å². The van der Waals surface area contributed by atoms with Crippen molar-refractivity contribution in [2.75, 3.05) is 0 Å². The minimum absolute atomic E-state index is 0.805. The molecule has 88 valence electrons. The normalized spacial score (nSPS) is 16.8. The van der Waals surface area contributed by atoms with Gasteiger partial charge in [0.2, 0.25) is 0 Å². The first-order valence-corrected chi connectivity index (χ1v) is 6.75. The minimum Gasteiger partial charge on any atom is -0.0587 e. The van der Waals surface area contributed by atoms with Crippen molar-refractivity contribution in [2.45, 2.75) is 45.4 Å². The molecule has 0 radical (unpaired) electrons. The molecule has 1 saturated carbocycles. The van der Waals surface area contributed by atoms with Crippen LogP contribution in [0.3, 0.4) is 0 Å². The van der Waals surface area contributed by atoms with E-state index in [0.717, 1.165) is 5.92 Å². The quantitative estimate of drug-likeness (QED) is 0.631. The van der Waals surface area contributed by atoms with Crippen LogP contribution in [0.5, 0.6) is 0 Å². The van der Waals surface area contributed by atoms with Crippen molar-refractivity contribution in [3.05, 3.63) is 47.0 Å². The van der Waals surface area contributed by atoms with Crippen LogP contribution in [0, 0.1) is 13.8 Å². The number of benzene rings is 2. The molecule has 1 aliphatic carbocycles. The second-order valence-electron chi connectivity index (χ2n) is 5.56. The van der Waals surface area contributed by atoms with Crippen LogP contribution in [0.2, 0.25) is 0 Å². The Labute approximate surface area is 104 Å². The van der Waals surface area contributed by atoms with Crippen molar-refractivity contribution in [2.24, 2.45) is 0 Å². The monoisotopic (exact) mass is 224 g/mol. The van der Waals surface area contributed by atoms with E-state index < -0.39 is 0 Å². The van der Waals surface area contributed by atoms with Gasteiger partial charge in [0.25, 0.3) is 0 Å². The molecule has 0 atom stereocenters. The fraction of sp³-hybridized carbons (Fsp3) is 0.412. The maximum atomic E-state index is 2.41. The van der Waals surface area contributed by atoms with Gasteiger partial charge in [0.1, 0.15) is 0 Å². The molecular formula is C17H20. The Bertz CT molecular complexity index is 545. The molecule has 0 nitrogen and oxygen atoms in total. The Morgan fingerprint density at radius 1 is 0.882 bits per heavy atom. The SMILES string of the molecule is Cc1cc(C2CCCC2)c2cc(C)ccc2c1. The molecule has 1 aliphatic rings. The maximum absolute atomic E-state index is 2.41. The lowest BCUT2D eigenvalue weighted by Crippen LogP contribution is -1.95. The third-order valence-corrected chi connectivity index (χ3v) is 4.08. The van der Waals surface area contributed by atoms with Crippen LogP contribution in [-0.4, -0.2) is 0 Å². The smallest absolute Gasteiger partial charge is 0.0146 e. The third-order valence-electron chi connectivity index (χ3n) is 4.08. The number of rotatable bonds is 1. The van der Waals surface area contributed by atoms with Gasteiger partial charge in [-0.15, -0.1) is 0 Å². The second kappa shape index (κ2) is 4.18. The predicted molar refractivity (Wildman–Crippen MR) is 74.6 cm³/mol. The van der Waals surface area contributed by atoms with E-state index >= 15 is 0 Å². The molecule has 0 heterocycles. The Balaban J connectivity index is 2.23. The largest absolute Gasteiger partial charge is 0.0587 e. The summed E-state index contributed by atoms with van der Waals surface area (Å²) < 4.78 is 0. The van der Waals surface area contributed by atoms with E-state index in [1.807, 2.05) is 0 Å². The molecule has 0 heteroatoms. The van der Waals surface area contributed by atoms with Crippen LogP contribution in [-0.2, 0) is 0 Å². The summed E-state index contributed by atoms with van der Waals surface area (Å²) in [6.07, 6.45) is 5.58. The van der Waals surface area contributed by atoms with E-state index in [9.17, 15) is 0 Å². The Morgan fingerprint density at radius 3 is 2.41 bits per heavy atom. The average molecular weight is 224 g/mol. The van der Waals surface area contributed by atoms with Gasteiger partial charge in [-0.2, -0.15) is 0 Å². The molecule has 0 spiro atoms. The molecule has 0 aliphatic heterocycles. The fourth-order valence-electron chi connectivity index (χ4n) is 3.23. The first-order chi connectivity index (χ1) is 8.24. The molecule has 17 heavy (non-hydrogen) atoms. The molecule has 3 rings (SSSR count). The van der Waals surface area contributed by atoms with Crippen molar-refractivity contribution >= 4 is 10.8 Å². The molecule has 0 bridgehead atoms. The first-order valence-electron chi connectivity index (χ1n) is 6.75.